The van der Waals surface area contributed by atoms with Gasteiger partial charge in [-0.1, -0.05) is 19.8 Å². The maximum atomic E-state index is 12.6. The molecule has 0 unspecified atom stereocenters. The second-order valence-corrected chi connectivity index (χ2v) is 7.97. The third-order valence-electron chi connectivity index (χ3n) is 4.42. The van der Waals surface area contributed by atoms with Gasteiger partial charge >= 0.3 is 0 Å². The van der Waals surface area contributed by atoms with Crippen molar-refractivity contribution < 1.29 is 17.9 Å². The van der Waals surface area contributed by atoms with Gasteiger partial charge in [-0.25, -0.2) is 13.1 Å². The van der Waals surface area contributed by atoms with Crippen LogP contribution in [0.3, 0.4) is 0 Å². The van der Waals surface area contributed by atoms with E-state index in [1.165, 1.54) is 6.42 Å². The number of hydrogen-bond donors (Lipinski definition) is 1. The zero-order chi connectivity index (χ0) is 16.9. The van der Waals surface area contributed by atoms with Crippen LogP contribution in [0.1, 0.15) is 38.2 Å². The third-order valence-corrected chi connectivity index (χ3v) is 5.91. The molecule has 2 rings (SSSR count). The van der Waals surface area contributed by atoms with Gasteiger partial charge in [0.2, 0.25) is 10.0 Å². The molecule has 1 saturated carbocycles. The summed E-state index contributed by atoms with van der Waals surface area (Å²) < 4.78 is 38.6. The van der Waals surface area contributed by atoms with Gasteiger partial charge in [0.1, 0.15) is 12.4 Å². The minimum atomic E-state index is -3.49. The Morgan fingerprint density at radius 1 is 1.22 bits per heavy atom. The van der Waals surface area contributed by atoms with Crippen LogP contribution in [0.2, 0.25) is 0 Å². The third kappa shape index (κ3) is 4.93. The molecule has 0 aromatic heterocycles. The monoisotopic (exact) mass is 341 g/mol. The summed E-state index contributed by atoms with van der Waals surface area (Å²) in [6.07, 6.45) is 4.27. The maximum Gasteiger partial charge on any atom is 0.240 e. The lowest BCUT2D eigenvalue weighted by atomic mass is 9.87. The number of hydrogen-bond acceptors (Lipinski definition) is 4. The van der Waals surface area contributed by atoms with Gasteiger partial charge in [0.25, 0.3) is 0 Å². The number of ether oxygens (including phenoxy) is 2. The van der Waals surface area contributed by atoms with E-state index in [1.54, 1.807) is 25.3 Å². The molecule has 5 nitrogen and oxygen atoms in total. The maximum absolute atomic E-state index is 12.6. The molecule has 0 amide bonds. The first-order valence-corrected chi connectivity index (χ1v) is 9.67. The fourth-order valence-corrected chi connectivity index (χ4v) is 4.41. The molecule has 0 saturated heterocycles. The van der Waals surface area contributed by atoms with E-state index >= 15 is 0 Å². The molecule has 1 N–H and O–H groups in total. The topological polar surface area (TPSA) is 64.6 Å². The fourth-order valence-electron chi connectivity index (χ4n) is 2.94. The minimum Gasteiger partial charge on any atom is -0.491 e. The first kappa shape index (κ1) is 18.2. The average Bonchev–Trinajstić information content (AvgIpc) is 2.51. The van der Waals surface area contributed by atoms with Crippen molar-refractivity contribution in [2.75, 3.05) is 20.3 Å². The van der Waals surface area contributed by atoms with Gasteiger partial charge in [-0.05, 0) is 49.4 Å². The lowest BCUT2D eigenvalue weighted by Gasteiger charge is -2.29. The molecule has 2 atom stereocenters. The highest BCUT2D eigenvalue weighted by atomic mass is 32.2. The number of sulfonamides is 1. The van der Waals surface area contributed by atoms with Crippen molar-refractivity contribution >= 4 is 10.0 Å². The molecule has 0 radical (unpaired) electrons. The molecule has 130 valence electrons. The van der Waals surface area contributed by atoms with Crippen LogP contribution in [0.25, 0.3) is 0 Å². The highest BCUT2D eigenvalue weighted by Crippen LogP contribution is 2.26. The molecule has 1 fully saturated rings. The quantitative estimate of drug-likeness (QED) is 0.775. The van der Waals surface area contributed by atoms with E-state index < -0.39 is 10.0 Å². The van der Waals surface area contributed by atoms with Gasteiger partial charge in [-0.2, -0.15) is 0 Å². The summed E-state index contributed by atoms with van der Waals surface area (Å²) in [4.78, 5) is 0.298. The van der Waals surface area contributed by atoms with E-state index in [0.29, 0.717) is 29.8 Å². The Balaban J connectivity index is 2.08. The van der Waals surface area contributed by atoms with Gasteiger partial charge < -0.3 is 9.47 Å². The molecule has 0 aliphatic heterocycles. The summed E-state index contributed by atoms with van der Waals surface area (Å²) in [5.74, 6) is 1.07. The lowest BCUT2D eigenvalue weighted by Crippen LogP contribution is -2.40. The molecule has 6 heteroatoms. The van der Waals surface area contributed by atoms with Crippen LogP contribution >= 0.6 is 0 Å². The van der Waals surface area contributed by atoms with Crippen LogP contribution in [0.15, 0.2) is 23.1 Å². The Morgan fingerprint density at radius 3 is 2.61 bits per heavy atom. The average molecular weight is 341 g/mol. The van der Waals surface area contributed by atoms with Crippen molar-refractivity contribution in [2.24, 2.45) is 5.92 Å². The Labute approximate surface area is 139 Å². The predicted octanol–water partition coefficient (Wildman–Crippen LogP) is 2.88. The molecular weight excluding hydrogens is 314 g/mol. The Hall–Kier alpha value is -1.11. The van der Waals surface area contributed by atoms with Gasteiger partial charge in [0.05, 0.1) is 11.5 Å². The predicted molar refractivity (Wildman–Crippen MR) is 90.3 cm³/mol. The number of methoxy groups -OCH3 is 1. The van der Waals surface area contributed by atoms with E-state index in [-0.39, 0.29) is 6.04 Å². The highest BCUT2D eigenvalue weighted by molar-refractivity contribution is 7.89. The molecule has 0 spiro atoms. The molecule has 1 aliphatic carbocycles. The Bertz CT molecular complexity index is 615. The molecule has 0 heterocycles. The van der Waals surface area contributed by atoms with E-state index in [9.17, 15) is 8.42 Å². The standard InChI is InChI=1S/C17H27NO4S/c1-13-6-4-5-7-16(13)18-23(19,20)15-8-9-17(14(2)12-15)22-11-10-21-3/h8-9,12-13,16,18H,4-7,10-11H2,1-3H3/t13-,16-/m0/s1. The lowest BCUT2D eigenvalue weighted by molar-refractivity contribution is 0.146. The van der Waals surface area contributed by atoms with Crippen molar-refractivity contribution in [3.05, 3.63) is 23.8 Å². The summed E-state index contributed by atoms with van der Waals surface area (Å²) >= 11 is 0. The van der Waals surface area contributed by atoms with Crippen LogP contribution in [0.4, 0.5) is 0 Å². The molecule has 1 aliphatic rings. The largest absolute Gasteiger partial charge is 0.491 e. The fraction of sp³-hybridized carbons (Fsp3) is 0.647. The molecule has 23 heavy (non-hydrogen) atoms. The zero-order valence-corrected chi connectivity index (χ0v) is 15.0. The highest BCUT2D eigenvalue weighted by Gasteiger charge is 2.27. The number of aryl methyl sites for hydroxylation is 1. The Kier molecular flexibility index (Phi) is 6.44. The van der Waals surface area contributed by atoms with Gasteiger partial charge in [-0.3, -0.25) is 0 Å². The van der Waals surface area contributed by atoms with Crippen LogP contribution in [0.5, 0.6) is 5.75 Å². The minimum absolute atomic E-state index is 0.0340. The van der Waals surface area contributed by atoms with E-state index in [1.807, 2.05) is 6.92 Å². The van der Waals surface area contributed by atoms with Gasteiger partial charge in [-0.15, -0.1) is 0 Å². The normalized spacial score (nSPS) is 22.0. The van der Waals surface area contributed by atoms with E-state index in [0.717, 1.165) is 24.8 Å². The van der Waals surface area contributed by atoms with Gasteiger partial charge in [0, 0.05) is 13.2 Å². The molecular formula is C17H27NO4S. The van der Waals surface area contributed by atoms with Crippen LogP contribution in [0, 0.1) is 12.8 Å². The summed E-state index contributed by atoms with van der Waals surface area (Å²) in [6, 6.07) is 5.01. The molecule has 1 aromatic carbocycles. The SMILES string of the molecule is COCCOc1ccc(S(=O)(=O)N[C@H]2CCCC[C@@H]2C)cc1C. The first-order chi connectivity index (χ1) is 10.9. The summed E-state index contributed by atoms with van der Waals surface area (Å²) in [7, 11) is -1.87. The van der Waals surface area contributed by atoms with Crippen molar-refractivity contribution in [3.8, 4) is 5.75 Å². The van der Waals surface area contributed by atoms with Crippen molar-refractivity contribution in [3.63, 3.8) is 0 Å². The van der Waals surface area contributed by atoms with E-state index in [4.69, 9.17) is 9.47 Å². The van der Waals surface area contributed by atoms with Crippen LogP contribution < -0.4 is 9.46 Å². The first-order valence-electron chi connectivity index (χ1n) is 8.19. The molecule has 0 bridgehead atoms. The van der Waals surface area contributed by atoms with Crippen molar-refractivity contribution in [1.29, 1.82) is 0 Å². The van der Waals surface area contributed by atoms with Crippen molar-refractivity contribution in [1.82, 2.24) is 4.72 Å². The zero-order valence-electron chi connectivity index (χ0n) is 14.2. The number of benzene rings is 1. The Morgan fingerprint density at radius 2 is 1.96 bits per heavy atom. The summed E-state index contributed by atoms with van der Waals surface area (Å²) in [6.45, 7) is 4.91. The van der Waals surface area contributed by atoms with Crippen LogP contribution in [-0.4, -0.2) is 34.8 Å². The van der Waals surface area contributed by atoms with Crippen molar-refractivity contribution in [2.45, 2.75) is 50.5 Å². The summed E-state index contributed by atoms with van der Waals surface area (Å²) in [5, 5.41) is 0. The second-order valence-electron chi connectivity index (χ2n) is 6.26. The second kappa shape index (κ2) is 8.13. The van der Waals surface area contributed by atoms with Gasteiger partial charge in [0.15, 0.2) is 0 Å². The molecule has 1 aromatic rings. The number of rotatable bonds is 7. The van der Waals surface area contributed by atoms with Crippen LogP contribution in [-0.2, 0) is 14.8 Å². The van der Waals surface area contributed by atoms with E-state index in [2.05, 4.69) is 11.6 Å². The smallest absolute Gasteiger partial charge is 0.240 e. The number of nitrogens with one attached hydrogen (secondary N) is 1. The summed E-state index contributed by atoms with van der Waals surface area (Å²) in [5.41, 5.74) is 0.806.